The van der Waals surface area contributed by atoms with Gasteiger partial charge in [0.05, 0.1) is 0 Å². The van der Waals surface area contributed by atoms with Crippen LogP contribution in [0.3, 0.4) is 0 Å². The molecule has 0 saturated carbocycles. The van der Waals surface area contributed by atoms with Crippen molar-refractivity contribution in [3.8, 4) is 77.9 Å². The Morgan fingerprint density at radius 3 is 1.33 bits per heavy atom. The van der Waals surface area contributed by atoms with Gasteiger partial charge < -0.3 is 4.90 Å². The first-order valence-corrected chi connectivity index (χ1v) is 23.6. The van der Waals surface area contributed by atoms with Crippen molar-refractivity contribution in [2.75, 3.05) is 4.90 Å². The second-order valence-corrected chi connectivity index (χ2v) is 19.3. The summed E-state index contributed by atoms with van der Waals surface area (Å²) in [6, 6.07) is 87.4. The van der Waals surface area contributed by atoms with Crippen LogP contribution in [-0.4, -0.2) is 0 Å². The zero-order valence-corrected chi connectivity index (χ0v) is 38.5. The predicted molar refractivity (Wildman–Crippen MR) is 283 cm³/mol. The van der Waals surface area contributed by atoms with Crippen LogP contribution in [0.2, 0.25) is 0 Å². The summed E-state index contributed by atoms with van der Waals surface area (Å²) < 4.78 is 0. The van der Waals surface area contributed by atoms with E-state index in [1.54, 1.807) is 0 Å². The monoisotopic (exact) mass is 857 g/mol. The molecule has 67 heavy (non-hydrogen) atoms. The highest BCUT2D eigenvalue weighted by Gasteiger charge is 2.38. The van der Waals surface area contributed by atoms with Crippen molar-refractivity contribution in [2.45, 2.75) is 38.5 Å². The van der Waals surface area contributed by atoms with Crippen molar-refractivity contribution in [3.05, 3.63) is 259 Å². The molecule has 0 heterocycles. The minimum atomic E-state index is -0.126. The van der Waals surface area contributed by atoms with Crippen molar-refractivity contribution >= 4 is 17.1 Å². The lowest BCUT2D eigenvalue weighted by Crippen LogP contribution is -2.16. The smallest absolute Gasteiger partial charge is 0.0467 e. The van der Waals surface area contributed by atoms with Gasteiger partial charge in [-0.3, -0.25) is 0 Å². The van der Waals surface area contributed by atoms with Gasteiger partial charge in [0.25, 0.3) is 0 Å². The predicted octanol–water partition coefficient (Wildman–Crippen LogP) is 18.1. The van der Waals surface area contributed by atoms with Crippen molar-refractivity contribution < 1.29 is 0 Å². The maximum absolute atomic E-state index is 2.41. The Balaban J connectivity index is 0.950. The number of anilines is 3. The number of hydrogen-bond donors (Lipinski definition) is 0. The van der Waals surface area contributed by atoms with Crippen molar-refractivity contribution in [1.82, 2.24) is 0 Å². The Kier molecular flexibility index (Phi) is 9.59. The number of rotatable bonds is 8. The van der Waals surface area contributed by atoms with E-state index in [0.29, 0.717) is 0 Å². The molecule has 0 amide bonds. The van der Waals surface area contributed by atoms with E-state index >= 15 is 0 Å². The van der Waals surface area contributed by atoms with Crippen LogP contribution in [0.4, 0.5) is 17.1 Å². The Hall–Kier alpha value is -8.00. The Bertz CT molecular complexity index is 3480. The topological polar surface area (TPSA) is 3.24 Å². The highest BCUT2D eigenvalue weighted by molar-refractivity contribution is 5.91. The van der Waals surface area contributed by atoms with Crippen molar-refractivity contribution in [3.63, 3.8) is 0 Å². The van der Waals surface area contributed by atoms with Crippen LogP contribution in [0.15, 0.2) is 237 Å². The molecule has 0 radical (unpaired) electrons. The first-order valence-electron chi connectivity index (χ1n) is 23.6. The van der Waals surface area contributed by atoms with Gasteiger partial charge in [0, 0.05) is 27.9 Å². The molecular weight excluding hydrogens is 807 g/mol. The van der Waals surface area contributed by atoms with E-state index in [0.717, 1.165) is 17.1 Å². The molecule has 12 rings (SSSR count). The van der Waals surface area contributed by atoms with Crippen LogP contribution in [-0.2, 0) is 10.8 Å². The summed E-state index contributed by atoms with van der Waals surface area (Å²) >= 11 is 0. The van der Waals surface area contributed by atoms with Crippen LogP contribution >= 0.6 is 0 Å². The summed E-state index contributed by atoms with van der Waals surface area (Å²) in [6.07, 6.45) is 0. The number of fused-ring (bicyclic) bond motifs is 6. The Morgan fingerprint density at radius 1 is 0.239 bits per heavy atom. The van der Waals surface area contributed by atoms with Crippen LogP contribution in [0.5, 0.6) is 0 Å². The van der Waals surface area contributed by atoms with Crippen molar-refractivity contribution in [2.24, 2.45) is 0 Å². The van der Waals surface area contributed by atoms with Gasteiger partial charge in [-0.05, 0) is 149 Å². The zero-order valence-electron chi connectivity index (χ0n) is 38.5. The maximum atomic E-state index is 2.41. The lowest BCUT2D eigenvalue weighted by atomic mass is 9.79. The van der Waals surface area contributed by atoms with Crippen molar-refractivity contribution in [1.29, 1.82) is 0 Å². The molecule has 10 aromatic carbocycles. The second kappa shape index (κ2) is 15.9. The Morgan fingerprint density at radius 2 is 0.687 bits per heavy atom. The van der Waals surface area contributed by atoms with Gasteiger partial charge >= 0.3 is 0 Å². The molecule has 0 atom stereocenters. The van der Waals surface area contributed by atoms with Crippen LogP contribution < -0.4 is 4.90 Å². The Labute approximate surface area is 395 Å². The van der Waals surface area contributed by atoms with E-state index in [-0.39, 0.29) is 10.8 Å². The summed E-state index contributed by atoms with van der Waals surface area (Å²) in [4.78, 5) is 2.41. The summed E-state index contributed by atoms with van der Waals surface area (Å²) in [5.74, 6) is 0. The van der Waals surface area contributed by atoms with E-state index in [1.165, 1.54) is 100 Å². The molecule has 0 aliphatic heterocycles. The summed E-state index contributed by atoms with van der Waals surface area (Å²) in [5.41, 5.74) is 26.2. The van der Waals surface area contributed by atoms with E-state index in [1.807, 2.05) is 0 Å². The van der Waals surface area contributed by atoms with E-state index in [4.69, 9.17) is 0 Å². The average Bonchev–Trinajstić information content (AvgIpc) is 3.76. The van der Waals surface area contributed by atoms with Crippen LogP contribution in [0.1, 0.15) is 49.9 Å². The SMILES string of the molecule is CC1(C)c2ccccc2-c2ccc(-c3ccc(N(c4ccc(-c5ccc(-c6ccccc6)c(-c6ccccc6)c5)cc4)c4cccc(-c5cccc6c5C(C)(C)c5ccccc5-6)c4)cc3)cc21. The van der Waals surface area contributed by atoms with Gasteiger partial charge in [-0.1, -0.05) is 216 Å². The third kappa shape index (κ3) is 6.76. The standard InChI is InChI=1S/C66H51N/c1-65(2)61-27-13-11-23-56(61)58-40-34-49(43-63(58)65)45-31-37-52(38-32-45)67(53-22-15-21-50(41-53)55-25-16-26-59-57-24-12-14-28-62(57)66(3,4)64(55)59)51-35-29-44(30-36-51)48-33-39-54(46-17-7-5-8-18-46)60(42-48)47-19-9-6-10-20-47/h5-43H,1-4H3. The van der Waals surface area contributed by atoms with Gasteiger partial charge in [0.15, 0.2) is 0 Å². The molecule has 0 fully saturated rings. The normalized spacial score (nSPS) is 13.6. The van der Waals surface area contributed by atoms with Crippen LogP contribution in [0, 0.1) is 0 Å². The molecule has 0 spiro atoms. The minimum Gasteiger partial charge on any atom is -0.310 e. The molecule has 0 aromatic heterocycles. The minimum absolute atomic E-state index is 0.0558. The molecule has 1 heteroatoms. The van der Waals surface area contributed by atoms with E-state index in [9.17, 15) is 0 Å². The van der Waals surface area contributed by atoms with Gasteiger partial charge in [-0.15, -0.1) is 0 Å². The number of nitrogens with zero attached hydrogens (tertiary/aromatic N) is 1. The largest absolute Gasteiger partial charge is 0.310 e. The van der Waals surface area contributed by atoms with E-state index < -0.39 is 0 Å². The fourth-order valence-corrected chi connectivity index (χ4v) is 11.3. The molecule has 1 nitrogen and oxygen atoms in total. The fraction of sp³-hybridized carbons (Fsp3) is 0.0909. The third-order valence-corrected chi connectivity index (χ3v) is 14.7. The van der Waals surface area contributed by atoms with Gasteiger partial charge in [0.2, 0.25) is 0 Å². The lowest BCUT2D eigenvalue weighted by Gasteiger charge is -2.28. The molecule has 2 aliphatic carbocycles. The van der Waals surface area contributed by atoms with Gasteiger partial charge in [-0.25, -0.2) is 0 Å². The molecule has 0 N–H and O–H groups in total. The summed E-state index contributed by atoms with van der Waals surface area (Å²) in [5, 5.41) is 0. The summed E-state index contributed by atoms with van der Waals surface area (Å²) in [7, 11) is 0. The highest BCUT2D eigenvalue weighted by Crippen LogP contribution is 2.53. The first kappa shape index (κ1) is 40.5. The zero-order chi connectivity index (χ0) is 45.3. The molecule has 0 unspecified atom stereocenters. The number of benzene rings is 10. The number of hydrogen-bond acceptors (Lipinski definition) is 1. The summed E-state index contributed by atoms with van der Waals surface area (Å²) in [6.45, 7) is 9.46. The molecule has 10 aromatic rings. The quantitative estimate of drug-likeness (QED) is 0.147. The fourth-order valence-electron chi connectivity index (χ4n) is 11.3. The molecule has 0 bridgehead atoms. The third-order valence-electron chi connectivity index (χ3n) is 14.7. The molecule has 2 aliphatic rings. The first-order chi connectivity index (χ1) is 32.7. The highest BCUT2D eigenvalue weighted by atomic mass is 15.1. The second-order valence-electron chi connectivity index (χ2n) is 19.3. The molecule has 0 saturated heterocycles. The lowest BCUT2D eigenvalue weighted by molar-refractivity contribution is 0.660. The van der Waals surface area contributed by atoms with Crippen LogP contribution in [0.25, 0.3) is 77.9 Å². The van der Waals surface area contributed by atoms with Gasteiger partial charge in [-0.2, -0.15) is 0 Å². The van der Waals surface area contributed by atoms with Gasteiger partial charge in [0.1, 0.15) is 0 Å². The maximum Gasteiger partial charge on any atom is 0.0467 e. The average molecular weight is 858 g/mol. The van der Waals surface area contributed by atoms with E-state index in [2.05, 4.69) is 269 Å². The molecule has 320 valence electrons. The molecular formula is C66H51N.